The topological polar surface area (TPSA) is 75.9 Å². The van der Waals surface area contributed by atoms with Crippen molar-refractivity contribution in [3.8, 4) is 0 Å². The zero-order chi connectivity index (χ0) is 19.4. The molecular formula is C19H22FN3O4. The summed E-state index contributed by atoms with van der Waals surface area (Å²) in [5, 5.41) is 3.81. The molecule has 0 aliphatic carbocycles. The molecule has 1 aliphatic rings. The maximum absolute atomic E-state index is 13.0. The van der Waals surface area contributed by atoms with Gasteiger partial charge in [-0.2, -0.15) is 0 Å². The summed E-state index contributed by atoms with van der Waals surface area (Å²) in [5.41, 5.74) is 1.74. The Morgan fingerprint density at radius 3 is 2.48 bits per heavy atom. The van der Waals surface area contributed by atoms with Crippen LogP contribution in [0.5, 0.6) is 0 Å². The standard InChI is InChI=1S/C19H22FN3O4/c1-3-16-18(13(2)27-21-16)19(25)26-12-17(24)23-10-8-22(9-11-23)15-6-4-14(20)5-7-15/h4-7H,3,8-12H2,1-2H3. The second kappa shape index (κ2) is 8.20. The van der Waals surface area contributed by atoms with Crippen molar-refractivity contribution < 1.29 is 23.2 Å². The van der Waals surface area contributed by atoms with Gasteiger partial charge in [0.2, 0.25) is 0 Å². The van der Waals surface area contributed by atoms with Gasteiger partial charge in [0.05, 0.1) is 5.69 Å². The Labute approximate surface area is 156 Å². The van der Waals surface area contributed by atoms with Crippen LogP contribution in [0, 0.1) is 12.7 Å². The van der Waals surface area contributed by atoms with Gasteiger partial charge in [-0.25, -0.2) is 9.18 Å². The van der Waals surface area contributed by atoms with Gasteiger partial charge >= 0.3 is 5.97 Å². The fourth-order valence-electron chi connectivity index (χ4n) is 3.08. The average Bonchev–Trinajstić information content (AvgIpc) is 3.07. The summed E-state index contributed by atoms with van der Waals surface area (Å²) in [4.78, 5) is 28.3. The molecule has 1 aromatic heterocycles. The van der Waals surface area contributed by atoms with Gasteiger partial charge in [0, 0.05) is 31.9 Å². The number of nitrogens with zero attached hydrogens (tertiary/aromatic N) is 3. The predicted octanol–water partition coefficient (Wildman–Crippen LogP) is 2.19. The molecule has 27 heavy (non-hydrogen) atoms. The highest BCUT2D eigenvalue weighted by atomic mass is 19.1. The number of piperazine rings is 1. The number of aryl methyl sites for hydroxylation is 2. The minimum atomic E-state index is -0.594. The molecule has 1 aromatic carbocycles. The summed E-state index contributed by atoms with van der Waals surface area (Å²) >= 11 is 0. The van der Waals surface area contributed by atoms with E-state index in [1.807, 2.05) is 6.92 Å². The van der Waals surface area contributed by atoms with Gasteiger partial charge in [0.1, 0.15) is 17.1 Å². The molecule has 2 heterocycles. The molecule has 0 atom stereocenters. The van der Waals surface area contributed by atoms with Crippen LogP contribution in [0.4, 0.5) is 10.1 Å². The van der Waals surface area contributed by atoms with Gasteiger partial charge in [-0.05, 0) is 37.6 Å². The van der Waals surface area contributed by atoms with E-state index in [1.54, 1.807) is 24.0 Å². The zero-order valence-electron chi connectivity index (χ0n) is 15.4. The van der Waals surface area contributed by atoms with E-state index in [-0.39, 0.29) is 18.3 Å². The quantitative estimate of drug-likeness (QED) is 0.746. The summed E-state index contributed by atoms with van der Waals surface area (Å²) in [6, 6.07) is 6.29. The molecule has 1 saturated heterocycles. The van der Waals surface area contributed by atoms with Crippen molar-refractivity contribution in [2.24, 2.45) is 0 Å². The van der Waals surface area contributed by atoms with Crippen molar-refractivity contribution in [1.82, 2.24) is 10.1 Å². The van der Waals surface area contributed by atoms with Crippen LogP contribution >= 0.6 is 0 Å². The number of hydrogen-bond acceptors (Lipinski definition) is 6. The largest absolute Gasteiger partial charge is 0.452 e. The Hall–Kier alpha value is -2.90. The van der Waals surface area contributed by atoms with Gasteiger partial charge in [-0.1, -0.05) is 12.1 Å². The van der Waals surface area contributed by atoms with Crippen molar-refractivity contribution in [2.45, 2.75) is 20.3 Å². The Bertz CT molecular complexity index is 811. The molecule has 0 bridgehead atoms. The van der Waals surface area contributed by atoms with Crippen LogP contribution in [0.1, 0.15) is 28.7 Å². The number of carbonyl (C=O) groups excluding carboxylic acids is 2. The van der Waals surface area contributed by atoms with Crippen LogP contribution in [-0.2, 0) is 16.0 Å². The summed E-state index contributed by atoms with van der Waals surface area (Å²) in [6.07, 6.45) is 0.543. The van der Waals surface area contributed by atoms with E-state index in [9.17, 15) is 14.0 Å². The molecule has 3 rings (SSSR count). The fourth-order valence-corrected chi connectivity index (χ4v) is 3.08. The SMILES string of the molecule is CCc1noc(C)c1C(=O)OCC(=O)N1CCN(c2ccc(F)cc2)CC1. The van der Waals surface area contributed by atoms with Crippen molar-refractivity contribution in [3.05, 3.63) is 47.1 Å². The first-order valence-corrected chi connectivity index (χ1v) is 8.90. The Morgan fingerprint density at radius 2 is 1.85 bits per heavy atom. The molecular weight excluding hydrogens is 353 g/mol. The molecule has 1 fully saturated rings. The smallest absolute Gasteiger partial charge is 0.344 e. The van der Waals surface area contributed by atoms with Crippen molar-refractivity contribution in [3.63, 3.8) is 0 Å². The number of halogens is 1. The van der Waals surface area contributed by atoms with Gasteiger partial charge in [0.25, 0.3) is 5.91 Å². The molecule has 7 nitrogen and oxygen atoms in total. The van der Waals surface area contributed by atoms with Gasteiger partial charge < -0.3 is 19.1 Å². The Morgan fingerprint density at radius 1 is 1.19 bits per heavy atom. The molecule has 8 heteroatoms. The molecule has 0 saturated carbocycles. The van der Waals surface area contributed by atoms with Gasteiger partial charge in [-0.15, -0.1) is 0 Å². The van der Waals surface area contributed by atoms with Crippen LogP contribution < -0.4 is 4.90 Å². The first kappa shape index (κ1) is 18.9. The second-order valence-electron chi connectivity index (χ2n) is 6.33. The van der Waals surface area contributed by atoms with Crippen molar-refractivity contribution in [1.29, 1.82) is 0 Å². The third-order valence-corrected chi connectivity index (χ3v) is 4.62. The first-order valence-electron chi connectivity index (χ1n) is 8.90. The number of aromatic nitrogens is 1. The molecule has 1 aliphatic heterocycles. The molecule has 0 spiro atoms. The van der Waals surface area contributed by atoms with Crippen LogP contribution in [-0.4, -0.2) is 54.7 Å². The summed E-state index contributed by atoms with van der Waals surface area (Å²) in [6.45, 7) is 5.48. The zero-order valence-corrected chi connectivity index (χ0v) is 15.4. The normalized spacial score (nSPS) is 14.3. The number of carbonyl (C=O) groups is 2. The number of anilines is 1. The van der Waals surface area contributed by atoms with E-state index in [0.29, 0.717) is 49.6 Å². The van der Waals surface area contributed by atoms with Crippen molar-refractivity contribution >= 4 is 17.6 Å². The minimum absolute atomic E-state index is 0.241. The third kappa shape index (κ3) is 4.27. The average molecular weight is 375 g/mol. The van der Waals surface area contributed by atoms with Gasteiger partial charge in [0.15, 0.2) is 6.61 Å². The van der Waals surface area contributed by atoms with Crippen LogP contribution in [0.15, 0.2) is 28.8 Å². The van der Waals surface area contributed by atoms with E-state index < -0.39 is 5.97 Å². The Balaban J connectivity index is 1.50. The predicted molar refractivity (Wildman–Crippen MR) is 96.1 cm³/mol. The van der Waals surface area contributed by atoms with E-state index in [0.717, 1.165) is 5.69 Å². The molecule has 0 radical (unpaired) electrons. The molecule has 2 aromatic rings. The maximum Gasteiger partial charge on any atom is 0.344 e. The highest BCUT2D eigenvalue weighted by Crippen LogP contribution is 2.18. The lowest BCUT2D eigenvalue weighted by atomic mass is 10.1. The summed E-state index contributed by atoms with van der Waals surface area (Å²) < 4.78 is 23.2. The fraction of sp³-hybridized carbons (Fsp3) is 0.421. The van der Waals surface area contributed by atoms with Crippen LogP contribution in [0.3, 0.4) is 0 Å². The molecule has 0 N–H and O–H groups in total. The van der Waals surface area contributed by atoms with E-state index >= 15 is 0 Å². The Kier molecular flexibility index (Phi) is 5.73. The highest BCUT2D eigenvalue weighted by molar-refractivity contribution is 5.93. The van der Waals surface area contributed by atoms with E-state index in [1.165, 1.54) is 12.1 Å². The van der Waals surface area contributed by atoms with E-state index in [4.69, 9.17) is 9.26 Å². The number of ether oxygens (including phenoxy) is 1. The molecule has 144 valence electrons. The third-order valence-electron chi connectivity index (χ3n) is 4.62. The first-order chi connectivity index (χ1) is 13.0. The molecule has 0 unspecified atom stereocenters. The number of benzene rings is 1. The molecule has 1 amide bonds. The number of esters is 1. The lowest BCUT2D eigenvalue weighted by molar-refractivity contribution is -0.134. The highest BCUT2D eigenvalue weighted by Gasteiger charge is 2.25. The summed E-state index contributed by atoms with van der Waals surface area (Å²) in [5.74, 6) is -0.723. The summed E-state index contributed by atoms with van der Waals surface area (Å²) in [7, 11) is 0. The van der Waals surface area contributed by atoms with Crippen molar-refractivity contribution in [2.75, 3.05) is 37.7 Å². The number of hydrogen-bond donors (Lipinski definition) is 0. The van der Waals surface area contributed by atoms with E-state index in [2.05, 4.69) is 10.1 Å². The lowest BCUT2D eigenvalue weighted by Gasteiger charge is -2.36. The van der Waals surface area contributed by atoms with Crippen LogP contribution in [0.25, 0.3) is 0 Å². The van der Waals surface area contributed by atoms with Crippen LogP contribution in [0.2, 0.25) is 0 Å². The minimum Gasteiger partial charge on any atom is -0.452 e. The number of rotatable bonds is 5. The van der Waals surface area contributed by atoms with Gasteiger partial charge in [-0.3, -0.25) is 4.79 Å². The maximum atomic E-state index is 13.0. The second-order valence-corrected chi connectivity index (χ2v) is 6.33. The lowest BCUT2D eigenvalue weighted by Crippen LogP contribution is -2.49. The number of amides is 1. The monoisotopic (exact) mass is 375 g/mol.